The fourth-order valence-corrected chi connectivity index (χ4v) is 9.14. The van der Waals surface area contributed by atoms with Crippen LogP contribution in [0.25, 0.3) is 21.7 Å². The van der Waals surface area contributed by atoms with Crippen molar-refractivity contribution in [3.05, 3.63) is 102 Å². The minimum atomic E-state index is -1.43. The average molecular weight is 1090 g/mol. The Morgan fingerprint density at radius 2 is 1.33 bits per heavy atom. The van der Waals surface area contributed by atoms with Crippen molar-refractivity contribution in [2.24, 2.45) is 32.9 Å². The van der Waals surface area contributed by atoms with Gasteiger partial charge in [0, 0.05) is 81.4 Å². The molecule has 25 heteroatoms. The van der Waals surface area contributed by atoms with E-state index in [0.29, 0.717) is 30.5 Å². The molecule has 18 N–H and O–H groups in total. The smallest absolute Gasteiger partial charge is 0.243 e. The number of rotatable bonds is 18. The van der Waals surface area contributed by atoms with Gasteiger partial charge in [-0.1, -0.05) is 60.7 Å². The van der Waals surface area contributed by atoms with Crippen molar-refractivity contribution in [1.29, 1.82) is 0 Å². The monoisotopic (exact) mass is 1090 g/mol. The lowest BCUT2D eigenvalue weighted by Gasteiger charge is -2.28. The molecule has 3 heterocycles. The second-order valence-electron chi connectivity index (χ2n) is 19.4. The zero-order valence-corrected chi connectivity index (χ0v) is 44.3. The molecule has 422 valence electrons. The summed E-state index contributed by atoms with van der Waals surface area (Å²) >= 11 is 0. The van der Waals surface area contributed by atoms with Crippen molar-refractivity contribution < 1.29 is 38.4 Å². The minimum Gasteiger partial charge on any atom is -0.370 e. The summed E-state index contributed by atoms with van der Waals surface area (Å²) < 4.78 is 0. The van der Waals surface area contributed by atoms with Crippen LogP contribution < -0.4 is 65.5 Å². The number of aliphatic imine (C=N–C) groups is 2. The lowest BCUT2D eigenvalue weighted by atomic mass is 9.99. The van der Waals surface area contributed by atoms with Crippen LogP contribution >= 0.6 is 0 Å². The largest absolute Gasteiger partial charge is 0.370 e. The number of aryl methyl sites for hydroxylation is 1. The van der Waals surface area contributed by atoms with Gasteiger partial charge in [0.1, 0.15) is 36.3 Å². The molecule has 25 nitrogen and oxygen atoms in total. The lowest BCUT2D eigenvalue weighted by molar-refractivity contribution is -0.135. The summed E-state index contributed by atoms with van der Waals surface area (Å²) in [5.41, 5.74) is 25.1. The van der Waals surface area contributed by atoms with Crippen LogP contribution in [-0.4, -0.2) is 137 Å². The van der Waals surface area contributed by atoms with Crippen LogP contribution in [-0.2, 0) is 57.6 Å². The highest BCUT2D eigenvalue weighted by Crippen LogP contribution is 2.21. The van der Waals surface area contributed by atoms with Crippen molar-refractivity contribution in [2.45, 2.75) is 120 Å². The van der Waals surface area contributed by atoms with Crippen LogP contribution in [0.4, 0.5) is 0 Å². The molecule has 1 fully saturated rings. The van der Waals surface area contributed by atoms with E-state index in [0.717, 1.165) is 27.2 Å². The lowest BCUT2D eigenvalue weighted by Crippen LogP contribution is -2.60. The van der Waals surface area contributed by atoms with Gasteiger partial charge in [0.05, 0.1) is 6.33 Å². The van der Waals surface area contributed by atoms with Gasteiger partial charge >= 0.3 is 0 Å². The molecule has 6 atom stereocenters. The maximum absolute atomic E-state index is 14.9. The predicted octanol–water partition coefficient (Wildman–Crippen LogP) is -0.696. The molecule has 6 rings (SSSR count). The molecule has 5 aromatic rings. The van der Waals surface area contributed by atoms with E-state index in [1.165, 1.54) is 19.4 Å². The van der Waals surface area contributed by atoms with E-state index in [1.54, 1.807) is 0 Å². The molecule has 8 amide bonds. The number of amides is 8. The summed E-state index contributed by atoms with van der Waals surface area (Å²) in [4.78, 5) is 131. The van der Waals surface area contributed by atoms with Crippen LogP contribution in [0.3, 0.4) is 0 Å². The van der Waals surface area contributed by atoms with Gasteiger partial charge in [0.25, 0.3) is 0 Å². The number of nitrogens with zero attached hydrogens (tertiary/aromatic N) is 3. The van der Waals surface area contributed by atoms with Crippen molar-refractivity contribution in [2.75, 3.05) is 26.2 Å². The highest BCUT2D eigenvalue weighted by Gasteiger charge is 2.34. The van der Waals surface area contributed by atoms with Crippen molar-refractivity contribution >= 4 is 80.9 Å². The number of nitrogens with one attached hydrogen (secondary N) is 10. The number of H-pyrrole nitrogens is 2. The van der Waals surface area contributed by atoms with Gasteiger partial charge in [-0.15, -0.1) is 0 Å². The molecule has 0 bridgehead atoms. The number of hydrogen-bond donors (Lipinski definition) is 14. The molecule has 1 aliphatic rings. The number of aromatic amines is 2. The van der Waals surface area contributed by atoms with E-state index < -0.39 is 83.5 Å². The second-order valence-corrected chi connectivity index (χ2v) is 19.4. The predicted molar refractivity (Wildman–Crippen MR) is 298 cm³/mol. The van der Waals surface area contributed by atoms with E-state index in [2.05, 4.69) is 67.5 Å². The Kier molecular flexibility index (Phi) is 22.5. The van der Waals surface area contributed by atoms with E-state index >= 15 is 0 Å². The highest BCUT2D eigenvalue weighted by molar-refractivity contribution is 5.98. The molecule has 0 unspecified atom stereocenters. The molecule has 2 aromatic heterocycles. The zero-order chi connectivity index (χ0) is 56.7. The number of para-hydroxylation sites is 1. The van der Waals surface area contributed by atoms with Crippen LogP contribution in [0.1, 0.15) is 81.5 Å². The molecule has 3 aromatic carbocycles. The standard InChI is InChI=1S/C54H73N17O8/c1-32(72)66-40(14-8-24-62-53(55)56)48(75)69-43-20-21-46(73)60-22-6-7-23-61-47(74)42(19-18-36-29-64-39-13-5-4-12-38(36)39)68-49(76)41(15-9-25-63-54(57)58)67-51(78)44(27-33-16-17-34-10-2-3-11-35(34)26-33)70-52(79)45(71-50(43)77)28-37-30-59-31-65-37/h2-5,10-13,16-17,26,29-31,40-45,64H,6-9,14-15,18-25,27-28H2,1H3,(H,59,65)(H,60,73)(H,61,74)(H,66,72)(H,67,78)(H,68,76)(H,69,75)(H,70,79)(H,71,77)(H4,55,56,62)(H4,57,58,63)/t40-,41+,42-,43+,44-,45+/m1/s1. The molecular formula is C54H73N17O8. The summed E-state index contributed by atoms with van der Waals surface area (Å²) in [5.74, 6) is -5.66. The first-order valence-electron chi connectivity index (χ1n) is 26.5. The van der Waals surface area contributed by atoms with Crippen LogP contribution in [0.5, 0.6) is 0 Å². The molecule has 79 heavy (non-hydrogen) atoms. The van der Waals surface area contributed by atoms with Gasteiger partial charge in [0.15, 0.2) is 11.9 Å². The third-order valence-corrected chi connectivity index (χ3v) is 13.2. The highest BCUT2D eigenvalue weighted by atomic mass is 16.2. The number of benzene rings is 3. The Hall–Kier alpha value is -9.03. The third-order valence-electron chi connectivity index (χ3n) is 13.2. The van der Waals surface area contributed by atoms with Crippen LogP contribution in [0, 0.1) is 0 Å². The van der Waals surface area contributed by atoms with Crippen molar-refractivity contribution in [1.82, 2.24) is 57.5 Å². The molecule has 0 spiro atoms. The number of fused-ring (bicyclic) bond motifs is 2. The SMILES string of the molecule is CC(=O)N[C@H](CCCN=C(N)N)C(=O)N[C@H]1CCC(=O)NCCCCNC(=O)[C@@H](CCc2c[nH]c3ccccc23)NC(=O)[C@H](CCCN=C(N)N)NC(=O)[C@@H](Cc2ccc3ccccc3c2)NC(=O)[C@H](Cc2cnc[nH]2)NC1=O. The number of imidazole rings is 1. The molecule has 0 saturated carbocycles. The first-order valence-corrected chi connectivity index (χ1v) is 26.5. The average Bonchev–Trinajstić information content (AvgIpc) is 4.14. The summed E-state index contributed by atoms with van der Waals surface area (Å²) in [6.45, 7) is 1.87. The fourth-order valence-electron chi connectivity index (χ4n) is 9.14. The van der Waals surface area contributed by atoms with Crippen LogP contribution in [0.2, 0.25) is 0 Å². The number of aromatic nitrogens is 3. The zero-order valence-electron chi connectivity index (χ0n) is 44.3. The summed E-state index contributed by atoms with van der Waals surface area (Å²) in [6.07, 6.45) is 5.97. The van der Waals surface area contributed by atoms with E-state index in [-0.39, 0.29) is 95.9 Å². The van der Waals surface area contributed by atoms with Gasteiger partial charge < -0.3 is 75.4 Å². The maximum Gasteiger partial charge on any atom is 0.243 e. The molecule has 0 aliphatic carbocycles. The second kappa shape index (κ2) is 30.1. The number of carbonyl (C=O) groups is 8. The Morgan fingerprint density at radius 3 is 2.04 bits per heavy atom. The van der Waals surface area contributed by atoms with Crippen LogP contribution in [0.15, 0.2) is 95.4 Å². The molecule has 1 saturated heterocycles. The first kappa shape index (κ1) is 59.2. The van der Waals surface area contributed by atoms with Gasteiger partial charge in [-0.05, 0) is 85.8 Å². The number of carbonyl (C=O) groups excluding carboxylic acids is 8. The van der Waals surface area contributed by atoms with Gasteiger partial charge in [-0.25, -0.2) is 4.98 Å². The Balaban J connectivity index is 1.35. The molecule has 0 radical (unpaired) electrons. The van der Waals surface area contributed by atoms with Gasteiger partial charge in [-0.2, -0.15) is 0 Å². The Bertz CT molecular complexity index is 2950. The first-order chi connectivity index (χ1) is 38.0. The van der Waals surface area contributed by atoms with E-state index in [1.807, 2.05) is 72.9 Å². The molecular weight excluding hydrogens is 1010 g/mol. The van der Waals surface area contributed by atoms with E-state index in [9.17, 15) is 38.4 Å². The van der Waals surface area contributed by atoms with Gasteiger partial charge in [0.2, 0.25) is 47.3 Å². The topological polar surface area (TPSA) is 406 Å². The normalized spacial score (nSPS) is 19.8. The Morgan fingerprint density at radius 1 is 0.696 bits per heavy atom. The van der Waals surface area contributed by atoms with Gasteiger partial charge in [-0.3, -0.25) is 48.3 Å². The summed E-state index contributed by atoms with van der Waals surface area (Å²) in [5, 5.41) is 25.1. The fraction of sp³-hybridized carbons (Fsp3) is 0.426. The maximum atomic E-state index is 14.9. The van der Waals surface area contributed by atoms with E-state index in [4.69, 9.17) is 22.9 Å². The number of hydrogen-bond acceptors (Lipinski definition) is 11. The third kappa shape index (κ3) is 19.2. The summed E-state index contributed by atoms with van der Waals surface area (Å²) in [6, 6.07) is 13.1. The summed E-state index contributed by atoms with van der Waals surface area (Å²) in [7, 11) is 0. The minimum absolute atomic E-state index is 0.0121. The van der Waals surface area contributed by atoms with Crippen molar-refractivity contribution in [3.8, 4) is 0 Å². The number of guanidine groups is 2. The molecule has 1 aliphatic heterocycles. The quantitative estimate of drug-likeness (QED) is 0.0294. The Labute approximate surface area is 456 Å². The number of nitrogens with two attached hydrogens (primary N) is 4. The van der Waals surface area contributed by atoms with Crippen molar-refractivity contribution in [3.63, 3.8) is 0 Å².